The van der Waals surface area contributed by atoms with Gasteiger partial charge in [-0.2, -0.15) is 0 Å². The third-order valence-corrected chi connectivity index (χ3v) is 3.18. The Labute approximate surface area is 102 Å². The summed E-state index contributed by atoms with van der Waals surface area (Å²) in [5.41, 5.74) is 1.38. The van der Waals surface area contributed by atoms with Crippen molar-refractivity contribution < 1.29 is 4.79 Å². The average molecular weight is 255 g/mol. The van der Waals surface area contributed by atoms with Crippen LogP contribution in [0.3, 0.4) is 0 Å². The Balaban J connectivity index is 2.35. The van der Waals surface area contributed by atoms with Gasteiger partial charge in [0.05, 0.1) is 10.2 Å². The molecule has 1 aromatic carbocycles. The highest BCUT2D eigenvalue weighted by Crippen LogP contribution is 2.26. The smallest absolute Gasteiger partial charge is 0.251 e. The zero-order valence-corrected chi connectivity index (χ0v) is 10.5. The number of rotatable bonds is 2. The van der Waals surface area contributed by atoms with E-state index in [-0.39, 0.29) is 11.9 Å². The van der Waals surface area contributed by atoms with Crippen LogP contribution in [0.15, 0.2) is 18.2 Å². The van der Waals surface area contributed by atoms with Crippen molar-refractivity contribution in [2.75, 3.05) is 0 Å². The molecule has 2 rings (SSSR count). The van der Waals surface area contributed by atoms with E-state index in [1.807, 2.05) is 19.9 Å². The van der Waals surface area contributed by atoms with E-state index < -0.39 is 0 Å². The summed E-state index contributed by atoms with van der Waals surface area (Å²) >= 11 is 7.22. The molecule has 16 heavy (non-hydrogen) atoms. The molecule has 2 aromatic rings. The van der Waals surface area contributed by atoms with Crippen molar-refractivity contribution in [2.24, 2.45) is 0 Å². The van der Waals surface area contributed by atoms with Crippen LogP contribution in [0, 0.1) is 0 Å². The van der Waals surface area contributed by atoms with Crippen LogP contribution in [0.1, 0.15) is 24.2 Å². The summed E-state index contributed by atoms with van der Waals surface area (Å²) in [6.07, 6.45) is 0. The lowest BCUT2D eigenvalue weighted by Gasteiger charge is -2.07. The molecule has 0 radical (unpaired) electrons. The lowest BCUT2D eigenvalue weighted by atomic mass is 10.2. The van der Waals surface area contributed by atoms with Crippen molar-refractivity contribution in [2.45, 2.75) is 19.9 Å². The molecule has 3 nitrogen and oxygen atoms in total. The number of fused-ring (bicyclic) bond motifs is 1. The van der Waals surface area contributed by atoms with Gasteiger partial charge in [0.25, 0.3) is 5.91 Å². The fourth-order valence-corrected chi connectivity index (χ4v) is 2.40. The molecule has 84 valence electrons. The molecule has 1 aromatic heterocycles. The quantitative estimate of drug-likeness (QED) is 0.895. The SMILES string of the molecule is CC(C)NC(=O)c1ccc2sc(Cl)nc2c1. The van der Waals surface area contributed by atoms with Crippen LogP contribution in [0.2, 0.25) is 4.47 Å². The van der Waals surface area contributed by atoms with Gasteiger partial charge in [0.1, 0.15) is 0 Å². The molecule has 0 aliphatic rings. The van der Waals surface area contributed by atoms with Gasteiger partial charge in [-0.3, -0.25) is 4.79 Å². The minimum atomic E-state index is -0.0824. The number of aromatic nitrogens is 1. The van der Waals surface area contributed by atoms with Gasteiger partial charge in [-0.15, -0.1) is 11.3 Å². The van der Waals surface area contributed by atoms with Gasteiger partial charge >= 0.3 is 0 Å². The molecule has 0 aliphatic carbocycles. The van der Waals surface area contributed by atoms with Gasteiger partial charge in [0.2, 0.25) is 0 Å². The second-order valence-corrected chi connectivity index (χ2v) is 5.39. The molecule has 0 atom stereocenters. The van der Waals surface area contributed by atoms with E-state index in [0.29, 0.717) is 10.0 Å². The van der Waals surface area contributed by atoms with E-state index in [9.17, 15) is 4.79 Å². The van der Waals surface area contributed by atoms with E-state index in [2.05, 4.69) is 10.3 Å². The van der Waals surface area contributed by atoms with Gasteiger partial charge in [-0.05, 0) is 32.0 Å². The normalized spacial score (nSPS) is 11.0. The number of hydrogen-bond donors (Lipinski definition) is 1. The lowest BCUT2D eigenvalue weighted by Crippen LogP contribution is -2.29. The van der Waals surface area contributed by atoms with Crippen LogP contribution >= 0.6 is 22.9 Å². The summed E-state index contributed by atoms with van der Waals surface area (Å²) in [7, 11) is 0. The molecule has 1 N–H and O–H groups in total. The molecular formula is C11H11ClN2OS. The fourth-order valence-electron chi connectivity index (χ4n) is 1.39. The Morgan fingerprint density at radius 2 is 2.25 bits per heavy atom. The lowest BCUT2D eigenvalue weighted by molar-refractivity contribution is 0.0943. The zero-order chi connectivity index (χ0) is 11.7. The third kappa shape index (κ3) is 2.33. The first-order valence-corrected chi connectivity index (χ1v) is 6.12. The Bertz CT molecular complexity index is 536. The predicted octanol–water partition coefficient (Wildman–Crippen LogP) is 3.09. The molecule has 0 bridgehead atoms. The van der Waals surface area contributed by atoms with Gasteiger partial charge in [0.15, 0.2) is 4.47 Å². The summed E-state index contributed by atoms with van der Waals surface area (Å²) < 4.78 is 1.49. The van der Waals surface area contributed by atoms with E-state index in [0.717, 1.165) is 10.2 Å². The van der Waals surface area contributed by atoms with Gasteiger partial charge < -0.3 is 5.32 Å². The summed E-state index contributed by atoms with van der Waals surface area (Å²) in [5.74, 6) is -0.0824. The van der Waals surface area contributed by atoms with Gasteiger partial charge in [-0.1, -0.05) is 11.6 Å². The number of nitrogens with zero attached hydrogens (tertiary/aromatic N) is 1. The number of amides is 1. The minimum absolute atomic E-state index is 0.0824. The second-order valence-electron chi connectivity index (χ2n) is 3.78. The van der Waals surface area contributed by atoms with Crippen molar-refractivity contribution in [1.29, 1.82) is 0 Å². The van der Waals surface area contributed by atoms with Crippen molar-refractivity contribution >= 4 is 39.1 Å². The van der Waals surface area contributed by atoms with Crippen LogP contribution < -0.4 is 5.32 Å². The predicted molar refractivity (Wildman–Crippen MR) is 67.2 cm³/mol. The first kappa shape index (κ1) is 11.4. The third-order valence-electron chi connectivity index (χ3n) is 2.04. The highest BCUT2D eigenvalue weighted by Gasteiger charge is 2.09. The van der Waals surface area contributed by atoms with Gasteiger partial charge in [0, 0.05) is 11.6 Å². The van der Waals surface area contributed by atoms with Gasteiger partial charge in [-0.25, -0.2) is 4.98 Å². The van der Waals surface area contributed by atoms with Crippen LogP contribution in [0.25, 0.3) is 10.2 Å². The number of nitrogens with one attached hydrogen (secondary N) is 1. The fraction of sp³-hybridized carbons (Fsp3) is 0.273. The topological polar surface area (TPSA) is 42.0 Å². The van der Waals surface area contributed by atoms with Crippen molar-refractivity contribution in [1.82, 2.24) is 10.3 Å². The number of hydrogen-bond acceptors (Lipinski definition) is 3. The Kier molecular flexibility index (Phi) is 3.12. The highest BCUT2D eigenvalue weighted by molar-refractivity contribution is 7.22. The Morgan fingerprint density at radius 1 is 1.50 bits per heavy atom. The number of benzene rings is 1. The number of carbonyl (C=O) groups is 1. The molecule has 1 heterocycles. The van der Waals surface area contributed by atoms with Crippen LogP contribution in [-0.4, -0.2) is 16.9 Å². The average Bonchev–Trinajstić information content (AvgIpc) is 2.55. The molecular weight excluding hydrogens is 244 g/mol. The molecule has 0 saturated carbocycles. The summed E-state index contributed by atoms with van der Waals surface area (Å²) in [6.45, 7) is 3.85. The monoisotopic (exact) mass is 254 g/mol. The molecule has 0 aliphatic heterocycles. The first-order valence-electron chi connectivity index (χ1n) is 4.93. The Hall–Kier alpha value is -1.13. The van der Waals surface area contributed by atoms with Crippen LogP contribution in [0.5, 0.6) is 0 Å². The van der Waals surface area contributed by atoms with Crippen molar-refractivity contribution in [3.05, 3.63) is 28.2 Å². The van der Waals surface area contributed by atoms with E-state index in [1.54, 1.807) is 12.1 Å². The van der Waals surface area contributed by atoms with Crippen LogP contribution in [0.4, 0.5) is 0 Å². The number of thiazole rings is 1. The number of carbonyl (C=O) groups excluding carboxylic acids is 1. The number of halogens is 1. The largest absolute Gasteiger partial charge is 0.350 e. The molecule has 0 spiro atoms. The Morgan fingerprint density at radius 3 is 2.94 bits per heavy atom. The maximum absolute atomic E-state index is 11.7. The van der Waals surface area contributed by atoms with E-state index in [1.165, 1.54) is 11.3 Å². The molecule has 0 fully saturated rings. The molecule has 5 heteroatoms. The van der Waals surface area contributed by atoms with E-state index >= 15 is 0 Å². The molecule has 0 unspecified atom stereocenters. The first-order chi connectivity index (χ1) is 7.56. The second kappa shape index (κ2) is 4.39. The van der Waals surface area contributed by atoms with Crippen LogP contribution in [-0.2, 0) is 0 Å². The zero-order valence-electron chi connectivity index (χ0n) is 8.95. The summed E-state index contributed by atoms with van der Waals surface area (Å²) in [5, 5.41) is 2.83. The van der Waals surface area contributed by atoms with Crippen molar-refractivity contribution in [3.63, 3.8) is 0 Å². The standard InChI is InChI=1S/C11H11ClN2OS/c1-6(2)13-10(15)7-3-4-9-8(5-7)14-11(12)16-9/h3-6H,1-2H3,(H,13,15). The minimum Gasteiger partial charge on any atom is -0.350 e. The molecule has 1 amide bonds. The highest BCUT2D eigenvalue weighted by atomic mass is 35.5. The summed E-state index contributed by atoms with van der Waals surface area (Å²) in [6, 6.07) is 5.54. The summed E-state index contributed by atoms with van der Waals surface area (Å²) in [4.78, 5) is 15.9. The maximum Gasteiger partial charge on any atom is 0.251 e. The molecule has 0 saturated heterocycles. The van der Waals surface area contributed by atoms with Crippen molar-refractivity contribution in [3.8, 4) is 0 Å². The van der Waals surface area contributed by atoms with E-state index in [4.69, 9.17) is 11.6 Å². The maximum atomic E-state index is 11.7.